The SMILES string of the molecule is CCCCCCCCCCC/C=C\C(OC(=O)CCCCCCCCCCCCCCC)C(COP(=O)(O)OCC[N+](C)(C)C)NC(=O)CCCCCCCCCCCCCCCCCCCCCCCCCCC. The molecule has 0 aliphatic heterocycles. The number of quaternary nitrogens is 1. The number of nitrogens with one attached hydrogen (secondary N) is 1. The number of allylic oxidation sites excluding steroid dienone is 1. The molecule has 0 saturated heterocycles. The van der Waals surface area contributed by atoms with Crippen molar-refractivity contribution in [3.05, 3.63) is 12.2 Å². The third kappa shape index (κ3) is 57.3. The third-order valence-electron chi connectivity index (χ3n) is 15.2. The van der Waals surface area contributed by atoms with Crippen molar-refractivity contribution in [2.24, 2.45) is 0 Å². The Morgan fingerprint density at radius 1 is 0.453 bits per heavy atom. The maximum Gasteiger partial charge on any atom is 0.472 e. The average molecular weight is 1080 g/mol. The highest BCUT2D eigenvalue weighted by molar-refractivity contribution is 7.47. The Bertz CT molecular complexity index is 1290. The average Bonchev–Trinajstić information content (AvgIpc) is 3.37. The summed E-state index contributed by atoms with van der Waals surface area (Å²) in [5, 5.41) is 3.07. The Balaban J connectivity index is 4.97. The number of phosphoric acid groups is 1. The van der Waals surface area contributed by atoms with Gasteiger partial charge in [0.25, 0.3) is 0 Å². The van der Waals surface area contributed by atoms with E-state index in [1.165, 1.54) is 250 Å². The van der Waals surface area contributed by atoms with Crippen molar-refractivity contribution in [1.29, 1.82) is 0 Å². The van der Waals surface area contributed by atoms with Crippen molar-refractivity contribution in [1.82, 2.24) is 5.32 Å². The third-order valence-corrected chi connectivity index (χ3v) is 16.2. The number of nitrogens with zero attached hydrogens (tertiary/aromatic N) is 1. The van der Waals surface area contributed by atoms with Crippen LogP contribution in [0.25, 0.3) is 0 Å². The molecule has 0 aliphatic rings. The van der Waals surface area contributed by atoms with Crippen LogP contribution >= 0.6 is 7.82 Å². The fraction of sp³-hybridized carbons (Fsp3) is 0.938. The van der Waals surface area contributed by atoms with E-state index < -0.39 is 20.0 Å². The summed E-state index contributed by atoms with van der Waals surface area (Å²) in [4.78, 5) is 37.7. The van der Waals surface area contributed by atoms with E-state index in [2.05, 4.69) is 26.1 Å². The van der Waals surface area contributed by atoms with Gasteiger partial charge in [0.15, 0.2) is 0 Å². The summed E-state index contributed by atoms with van der Waals surface area (Å²) in [5.41, 5.74) is 0. The lowest BCUT2D eigenvalue weighted by atomic mass is 10.0. The van der Waals surface area contributed by atoms with Crippen LogP contribution in [0.1, 0.15) is 342 Å². The molecule has 0 rings (SSSR count). The lowest BCUT2D eigenvalue weighted by Crippen LogP contribution is -2.47. The molecule has 0 aromatic heterocycles. The molecule has 0 fully saturated rings. The lowest BCUT2D eigenvalue weighted by Gasteiger charge is -2.27. The van der Waals surface area contributed by atoms with E-state index in [-0.39, 0.29) is 25.1 Å². The molecule has 0 saturated carbocycles. The van der Waals surface area contributed by atoms with Crippen LogP contribution in [0, 0.1) is 0 Å². The van der Waals surface area contributed by atoms with E-state index in [1.54, 1.807) is 0 Å². The minimum atomic E-state index is -4.44. The van der Waals surface area contributed by atoms with Gasteiger partial charge in [0.2, 0.25) is 5.91 Å². The van der Waals surface area contributed by atoms with E-state index >= 15 is 0 Å². The summed E-state index contributed by atoms with van der Waals surface area (Å²) in [7, 11) is 1.52. The van der Waals surface area contributed by atoms with Gasteiger partial charge >= 0.3 is 13.8 Å². The highest BCUT2D eigenvalue weighted by Gasteiger charge is 2.30. The number of unbranched alkanes of at least 4 members (excludes halogenated alkanes) is 45. The van der Waals surface area contributed by atoms with Crippen molar-refractivity contribution in [3.63, 3.8) is 0 Å². The maximum atomic E-state index is 13.6. The standard InChI is InChI=1S/C65H129N2O7P/c1-7-10-13-16-19-22-25-27-28-29-30-31-32-33-34-35-36-37-38-40-42-45-48-51-54-57-64(68)66-62(61-73-75(70,71)72-60-59-67(4,5)6)63(56-53-50-47-44-41-24-21-18-15-12-9-3)74-65(69)58-55-52-49-46-43-39-26-23-20-17-14-11-8-2/h53,56,62-63H,7-52,54-55,57-61H2,1-6H3,(H-,66,68,70,71)/p+1/b56-53-. The second-order valence-corrected chi connectivity index (χ2v) is 25.5. The summed E-state index contributed by atoms with van der Waals surface area (Å²) in [6.45, 7) is 7.06. The summed E-state index contributed by atoms with van der Waals surface area (Å²) in [6, 6.07) is -0.839. The second kappa shape index (κ2) is 56.0. The molecule has 3 unspecified atom stereocenters. The fourth-order valence-corrected chi connectivity index (χ4v) is 10.9. The quantitative estimate of drug-likeness (QED) is 0.0205. The fourth-order valence-electron chi connectivity index (χ4n) is 10.1. The van der Waals surface area contributed by atoms with Gasteiger partial charge in [0.1, 0.15) is 19.3 Å². The van der Waals surface area contributed by atoms with Gasteiger partial charge in [-0.25, -0.2) is 4.57 Å². The molecule has 0 bridgehead atoms. The zero-order valence-electron chi connectivity index (χ0n) is 51.1. The van der Waals surface area contributed by atoms with Crippen molar-refractivity contribution in [3.8, 4) is 0 Å². The first-order valence-electron chi connectivity index (χ1n) is 33.0. The molecule has 75 heavy (non-hydrogen) atoms. The van der Waals surface area contributed by atoms with Crippen LogP contribution < -0.4 is 5.32 Å². The first-order valence-corrected chi connectivity index (χ1v) is 34.5. The largest absolute Gasteiger partial charge is 0.472 e. The molecule has 3 atom stereocenters. The van der Waals surface area contributed by atoms with Gasteiger partial charge in [0.05, 0.1) is 33.8 Å². The van der Waals surface area contributed by atoms with E-state index in [9.17, 15) is 19.0 Å². The van der Waals surface area contributed by atoms with Gasteiger partial charge in [0, 0.05) is 12.8 Å². The second-order valence-electron chi connectivity index (χ2n) is 24.0. The van der Waals surface area contributed by atoms with Crippen LogP contribution in [0.5, 0.6) is 0 Å². The monoisotopic (exact) mass is 1080 g/mol. The summed E-state index contributed by atoms with van der Waals surface area (Å²) in [5.74, 6) is -0.483. The van der Waals surface area contributed by atoms with Gasteiger partial charge in [-0.15, -0.1) is 0 Å². The molecular weight excluding hydrogens is 952 g/mol. The zero-order chi connectivity index (χ0) is 55.0. The predicted octanol–water partition coefficient (Wildman–Crippen LogP) is 20.3. The first kappa shape index (κ1) is 73.8. The molecule has 9 nitrogen and oxygen atoms in total. The number of rotatable bonds is 61. The molecular formula is C65H130N2O7P+. The number of hydrogen-bond acceptors (Lipinski definition) is 6. The van der Waals surface area contributed by atoms with Gasteiger partial charge in [-0.1, -0.05) is 309 Å². The van der Waals surface area contributed by atoms with Crippen LogP contribution in [0.15, 0.2) is 12.2 Å². The number of esters is 1. The molecule has 0 aromatic carbocycles. The van der Waals surface area contributed by atoms with Crippen molar-refractivity contribution < 1.29 is 37.3 Å². The van der Waals surface area contributed by atoms with Gasteiger partial charge in [-0.2, -0.15) is 0 Å². The predicted molar refractivity (Wildman–Crippen MR) is 323 cm³/mol. The highest BCUT2D eigenvalue weighted by atomic mass is 31.2. The summed E-state index contributed by atoms with van der Waals surface area (Å²) in [6.07, 6.45) is 65.1. The van der Waals surface area contributed by atoms with Crippen LogP contribution in [0.4, 0.5) is 0 Å². The number of likely N-dealkylation sites (N-methyl/N-ethyl adjacent to an activating group) is 1. The van der Waals surface area contributed by atoms with Gasteiger partial charge in [-0.05, 0) is 31.8 Å². The Labute approximate surface area is 467 Å². The molecule has 0 heterocycles. The first-order chi connectivity index (χ1) is 36.4. The molecule has 0 spiro atoms. The maximum absolute atomic E-state index is 13.6. The molecule has 0 aliphatic carbocycles. The smallest absolute Gasteiger partial charge is 0.456 e. The van der Waals surface area contributed by atoms with E-state index in [1.807, 2.05) is 33.3 Å². The molecule has 446 valence electrons. The Morgan fingerprint density at radius 2 is 0.760 bits per heavy atom. The number of carbonyl (C=O) groups is 2. The van der Waals surface area contributed by atoms with Crippen LogP contribution in [0.2, 0.25) is 0 Å². The molecule has 10 heteroatoms. The van der Waals surface area contributed by atoms with E-state index in [4.69, 9.17) is 13.8 Å². The molecule has 0 aromatic rings. The Morgan fingerprint density at radius 3 is 1.09 bits per heavy atom. The Hall–Kier alpha value is -1.25. The van der Waals surface area contributed by atoms with Crippen molar-refractivity contribution in [2.75, 3.05) is 40.9 Å². The number of ether oxygens (including phenoxy) is 1. The van der Waals surface area contributed by atoms with Gasteiger partial charge < -0.3 is 19.4 Å². The van der Waals surface area contributed by atoms with E-state index in [0.717, 1.165) is 57.8 Å². The molecule has 2 N–H and O–H groups in total. The van der Waals surface area contributed by atoms with E-state index in [0.29, 0.717) is 23.9 Å². The topological polar surface area (TPSA) is 111 Å². The van der Waals surface area contributed by atoms with Crippen LogP contribution in [-0.4, -0.2) is 74.3 Å². The summed E-state index contributed by atoms with van der Waals surface area (Å²) < 4.78 is 30.7. The van der Waals surface area contributed by atoms with Crippen LogP contribution in [0.3, 0.4) is 0 Å². The zero-order valence-corrected chi connectivity index (χ0v) is 52.0. The molecule has 1 amide bonds. The number of hydrogen-bond donors (Lipinski definition) is 2. The van der Waals surface area contributed by atoms with Crippen molar-refractivity contribution >= 4 is 19.7 Å². The molecule has 0 radical (unpaired) electrons. The highest BCUT2D eigenvalue weighted by Crippen LogP contribution is 2.43. The van der Waals surface area contributed by atoms with Crippen molar-refractivity contribution in [2.45, 2.75) is 354 Å². The van der Waals surface area contributed by atoms with Crippen LogP contribution in [-0.2, 0) is 27.9 Å². The van der Waals surface area contributed by atoms with Gasteiger partial charge in [-0.3, -0.25) is 18.6 Å². The number of phosphoric ester groups is 1. The number of amides is 1. The normalized spacial score (nSPS) is 13.6. The minimum absolute atomic E-state index is 0.0457. The lowest BCUT2D eigenvalue weighted by molar-refractivity contribution is -0.870. The summed E-state index contributed by atoms with van der Waals surface area (Å²) >= 11 is 0. The minimum Gasteiger partial charge on any atom is -0.456 e. The Kier molecular flexibility index (Phi) is 55.1. The number of carbonyl (C=O) groups excluding carboxylic acids is 2.